The van der Waals surface area contributed by atoms with Crippen molar-refractivity contribution in [2.24, 2.45) is 0 Å². The molecular formula is C18H19N3O2S2. The van der Waals surface area contributed by atoms with Crippen LogP contribution in [-0.4, -0.2) is 14.7 Å². The van der Waals surface area contributed by atoms with E-state index in [1.807, 2.05) is 13.0 Å². The molecule has 0 atom stereocenters. The maximum atomic E-state index is 13.1. The van der Waals surface area contributed by atoms with Crippen molar-refractivity contribution in [1.82, 2.24) is 14.7 Å². The van der Waals surface area contributed by atoms with Crippen LogP contribution in [0.25, 0.3) is 10.2 Å². The Bertz CT molecular complexity index is 1000. The smallest absolute Gasteiger partial charge is 0.263 e. The van der Waals surface area contributed by atoms with Gasteiger partial charge in [0, 0.05) is 23.2 Å². The van der Waals surface area contributed by atoms with Gasteiger partial charge in [-0.3, -0.25) is 9.36 Å². The molecule has 0 unspecified atom stereocenters. The molecule has 1 aliphatic carbocycles. The number of fused-ring (bicyclic) bond motifs is 3. The third-order valence-electron chi connectivity index (χ3n) is 4.38. The number of aromatic nitrogens is 3. The van der Waals surface area contributed by atoms with Crippen LogP contribution < -0.4 is 5.56 Å². The molecule has 7 heteroatoms. The Kier molecular flexibility index (Phi) is 4.52. The molecule has 0 aromatic carbocycles. The molecule has 4 rings (SSSR count). The van der Waals surface area contributed by atoms with Crippen molar-refractivity contribution in [3.05, 3.63) is 51.0 Å². The summed E-state index contributed by atoms with van der Waals surface area (Å²) in [4.78, 5) is 20.2. The van der Waals surface area contributed by atoms with Gasteiger partial charge in [0.25, 0.3) is 5.56 Å². The normalized spacial score (nSPS) is 14.0. The third-order valence-corrected chi connectivity index (χ3v) is 6.57. The second-order valence-electron chi connectivity index (χ2n) is 6.21. The SMILES string of the molecule is C=CCn1c(SCc2cc(C)on2)nc2sc3c(c2c1=O)CCCC3. The van der Waals surface area contributed by atoms with E-state index in [-0.39, 0.29) is 5.56 Å². The predicted molar refractivity (Wildman–Crippen MR) is 102 cm³/mol. The average molecular weight is 374 g/mol. The lowest BCUT2D eigenvalue weighted by Crippen LogP contribution is -2.23. The molecule has 0 saturated heterocycles. The van der Waals surface area contributed by atoms with Gasteiger partial charge in [-0.2, -0.15) is 0 Å². The van der Waals surface area contributed by atoms with Crippen LogP contribution in [0, 0.1) is 6.92 Å². The van der Waals surface area contributed by atoms with Crippen molar-refractivity contribution >= 4 is 33.3 Å². The van der Waals surface area contributed by atoms with Gasteiger partial charge in [0.15, 0.2) is 5.16 Å². The van der Waals surface area contributed by atoms with Crippen LogP contribution in [0.3, 0.4) is 0 Å². The Labute approximate surface area is 153 Å². The maximum absolute atomic E-state index is 13.1. The minimum absolute atomic E-state index is 0.0585. The first kappa shape index (κ1) is 16.6. The molecule has 0 N–H and O–H groups in total. The number of hydrogen-bond donors (Lipinski definition) is 0. The topological polar surface area (TPSA) is 60.9 Å². The molecular weight excluding hydrogens is 354 g/mol. The van der Waals surface area contributed by atoms with Crippen LogP contribution in [0.1, 0.15) is 34.7 Å². The lowest BCUT2D eigenvalue weighted by atomic mass is 9.97. The summed E-state index contributed by atoms with van der Waals surface area (Å²) in [5.74, 6) is 1.41. The van der Waals surface area contributed by atoms with Crippen molar-refractivity contribution in [2.45, 2.75) is 50.1 Å². The van der Waals surface area contributed by atoms with Gasteiger partial charge in [-0.15, -0.1) is 17.9 Å². The largest absolute Gasteiger partial charge is 0.361 e. The van der Waals surface area contributed by atoms with Gasteiger partial charge >= 0.3 is 0 Å². The van der Waals surface area contributed by atoms with Crippen LogP contribution in [-0.2, 0) is 25.1 Å². The zero-order chi connectivity index (χ0) is 17.4. The lowest BCUT2D eigenvalue weighted by Gasteiger charge is -2.12. The van der Waals surface area contributed by atoms with Gasteiger partial charge in [0.1, 0.15) is 10.6 Å². The second-order valence-corrected chi connectivity index (χ2v) is 8.23. The Morgan fingerprint density at radius 3 is 3.04 bits per heavy atom. The molecule has 0 saturated carbocycles. The van der Waals surface area contributed by atoms with E-state index in [2.05, 4.69) is 11.7 Å². The summed E-state index contributed by atoms with van der Waals surface area (Å²) < 4.78 is 6.84. The van der Waals surface area contributed by atoms with Gasteiger partial charge in [-0.25, -0.2) is 4.98 Å². The van der Waals surface area contributed by atoms with E-state index in [0.717, 1.165) is 46.1 Å². The summed E-state index contributed by atoms with van der Waals surface area (Å²) >= 11 is 3.20. The summed E-state index contributed by atoms with van der Waals surface area (Å²) in [5.41, 5.74) is 2.14. The van der Waals surface area contributed by atoms with Crippen LogP contribution in [0.15, 0.2) is 33.2 Å². The first-order valence-corrected chi connectivity index (χ1v) is 10.2. The number of rotatable bonds is 5. The molecule has 1 aliphatic rings. The summed E-state index contributed by atoms with van der Waals surface area (Å²) in [6, 6.07) is 1.91. The van der Waals surface area contributed by atoms with Gasteiger partial charge in [-0.05, 0) is 38.2 Å². The highest BCUT2D eigenvalue weighted by Gasteiger charge is 2.22. The maximum Gasteiger partial charge on any atom is 0.263 e. The highest BCUT2D eigenvalue weighted by Crippen LogP contribution is 2.35. The molecule has 25 heavy (non-hydrogen) atoms. The van der Waals surface area contributed by atoms with Crippen molar-refractivity contribution in [3.8, 4) is 0 Å². The predicted octanol–water partition coefficient (Wildman–Crippen LogP) is 4.11. The quantitative estimate of drug-likeness (QED) is 0.383. The Morgan fingerprint density at radius 1 is 1.44 bits per heavy atom. The highest BCUT2D eigenvalue weighted by molar-refractivity contribution is 7.98. The number of aryl methyl sites for hydroxylation is 3. The molecule has 0 fully saturated rings. The van der Waals surface area contributed by atoms with E-state index in [1.54, 1.807) is 22.0 Å². The van der Waals surface area contributed by atoms with Crippen molar-refractivity contribution in [2.75, 3.05) is 0 Å². The first-order valence-electron chi connectivity index (χ1n) is 8.38. The number of nitrogens with zero attached hydrogens (tertiary/aromatic N) is 3. The summed E-state index contributed by atoms with van der Waals surface area (Å²) in [6.07, 6.45) is 6.16. The minimum Gasteiger partial charge on any atom is -0.361 e. The van der Waals surface area contributed by atoms with Crippen molar-refractivity contribution in [3.63, 3.8) is 0 Å². The molecule has 0 spiro atoms. The van der Waals surface area contributed by atoms with Gasteiger partial charge < -0.3 is 4.52 Å². The lowest BCUT2D eigenvalue weighted by molar-refractivity contribution is 0.393. The average Bonchev–Trinajstić information content (AvgIpc) is 3.19. The Morgan fingerprint density at radius 2 is 2.28 bits per heavy atom. The second kappa shape index (κ2) is 6.80. The molecule has 0 amide bonds. The van der Waals surface area contributed by atoms with E-state index in [9.17, 15) is 4.79 Å². The molecule has 3 aromatic heterocycles. The first-order chi connectivity index (χ1) is 12.2. The van der Waals surface area contributed by atoms with Crippen LogP contribution in [0.5, 0.6) is 0 Å². The van der Waals surface area contributed by atoms with E-state index in [0.29, 0.717) is 12.3 Å². The Balaban J connectivity index is 1.78. The zero-order valence-corrected chi connectivity index (χ0v) is 15.7. The zero-order valence-electron chi connectivity index (χ0n) is 14.1. The summed E-state index contributed by atoms with van der Waals surface area (Å²) in [7, 11) is 0. The fourth-order valence-electron chi connectivity index (χ4n) is 3.24. The van der Waals surface area contributed by atoms with Crippen molar-refractivity contribution in [1.29, 1.82) is 0 Å². The fourth-order valence-corrected chi connectivity index (χ4v) is 5.44. The van der Waals surface area contributed by atoms with Gasteiger partial charge in [0.05, 0.1) is 11.1 Å². The number of allylic oxidation sites excluding steroid dienone is 1. The summed E-state index contributed by atoms with van der Waals surface area (Å²) in [6.45, 7) is 6.13. The van der Waals surface area contributed by atoms with E-state index in [4.69, 9.17) is 9.51 Å². The monoisotopic (exact) mass is 373 g/mol. The molecule has 0 radical (unpaired) electrons. The molecule has 3 aromatic rings. The van der Waals surface area contributed by atoms with Gasteiger partial charge in [-0.1, -0.05) is 23.0 Å². The van der Waals surface area contributed by atoms with Crippen LogP contribution in [0.4, 0.5) is 0 Å². The molecule has 0 aliphatic heterocycles. The minimum atomic E-state index is 0.0585. The van der Waals surface area contributed by atoms with E-state index < -0.39 is 0 Å². The fraction of sp³-hybridized carbons (Fsp3) is 0.389. The number of hydrogen-bond acceptors (Lipinski definition) is 6. The molecule has 5 nitrogen and oxygen atoms in total. The van der Waals surface area contributed by atoms with Crippen LogP contribution >= 0.6 is 23.1 Å². The third kappa shape index (κ3) is 3.06. The van der Waals surface area contributed by atoms with E-state index >= 15 is 0 Å². The van der Waals surface area contributed by atoms with Crippen molar-refractivity contribution < 1.29 is 4.52 Å². The van der Waals surface area contributed by atoms with Crippen LogP contribution in [0.2, 0.25) is 0 Å². The molecule has 0 bridgehead atoms. The summed E-state index contributed by atoms with van der Waals surface area (Å²) in [5, 5.41) is 5.56. The molecule has 130 valence electrons. The molecule has 3 heterocycles. The Hall–Kier alpha value is -1.86. The highest BCUT2D eigenvalue weighted by atomic mass is 32.2. The van der Waals surface area contributed by atoms with Gasteiger partial charge in [0.2, 0.25) is 0 Å². The number of thiophene rings is 1. The number of thioether (sulfide) groups is 1. The standard InChI is InChI=1S/C18H19N3O2S2/c1-3-8-21-17(22)15-13-6-4-5-7-14(13)25-16(15)19-18(21)24-10-12-9-11(2)23-20-12/h3,9H,1,4-8,10H2,2H3. The van der Waals surface area contributed by atoms with E-state index in [1.165, 1.54) is 28.6 Å².